The van der Waals surface area contributed by atoms with Crippen molar-refractivity contribution in [1.82, 2.24) is 14.8 Å². The second-order valence-electron chi connectivity index (χ2n) is 9.39. The van der Waals surface area contributed by atoms with Gasteiger partial charge in [-0.25, -0.2) is 36.8 Å². The minimum absolute atomic E-state index is 0.114. The highest BCUT2D eigenvalue weighted by Gasteiger charge is 2.30. The van der Waals surface area contributed by atoms with E-state index >= 15 is 0 Å². The van der Waals surface area contributed by atoms with E-state index in [0.717, 1.165) is 36.3 Å². The van der Waals surface area contributed by atoms with Gasteiger partial charge in [-0.3, -0.25) is 4.79 Å². The minimum atomic E-state index is -4.26. The topological polar surface area (TPSA) is 145 Å². The van der Waals surface area contributed by atoms with E-state index in [0.29, 0.717) is 45.5 Å². The van der Waals surface area contributed by atoms with Crippen LogP contribution < -0.4 is 5.14 Å². The zero-order chi connectivity index (χ0) is 28.1. The Morgan fingerprint density at radius 1 is 1.15 bits per heavy atom. The molecular weight excluding hydrogens is 550 g/mol. The third-order valence-electron chi connectivity index (χ3n) is 6.46. The van der Waals surface area contributed by atoms with E-state index in [1.807, 2.05) is 0 Å². The van der Waals surface area contributed by atoms with Gasteiger partial charge in [0.1, 0.15) is 16.5 Å². The lowest BCUT2D eigenvalue weighted by Gasteiger charge is -2.10. The fourth-order valence-corrected chi connectivity index (χ4v) is 5.72. The number of primary sulfonamides is 1. The molecule has 0 amide bonds. The first-order valence-corrected chi connectivity index (χ1v) is 14.3. The molecule has 2 aromatic carbocycles. The zero-order valence-electron chi connectivity index (χ0n) is 20.5. The molecule has 0 unspecified atom stereocenters. The fraction of sp³-hybridized carbons (Fsp3) is 0.231. The lowest BCUT2D eigenvalue weighted by Crippen LogP contribution is -2.14. The summed E-state index contributed by atoms with van der Waals surface area (Å²) in [4.78, 5) is 27.1. The maximum Gasteiger partial charge on any atom is 0.355 e. The maximum atomic E-state index is 14.7. The first-order valence-electron chi connectivity index (χ1n) is 11.8. The molecule has 0 saturated heterocycles. The summed E-state index contributed by atoms with van der Waals surface area (Å²) in [5.74, 6) is -2.99. The Labute approximate surface area is 226 Å². The first-order chi connectivity index (χ1) is 18.4. The molecule has 0 radical (unpaired) electrons. The summed E-state index contributed by atoms with van der Waals surface area (Å²) < 4.78 is 54.0. The molecule has 4 aromatic rings. The second kappa shape index (κ2) is 10.1. The number of halogens is 2. The second-order valence-corrected chi connectivity index (χ2v) is 11.8. The molecule has 3 N–H and O–H groups in total. The largest absolute Gasteiger partial charge is 0.476 e. The van der Waals surface area contributed by atoms with Gasteiger partial charge in [0, 0.05) is 22.9 Å². The molecule has 0 atom stereocenters. The summed E-state index contributed by atoms with van der Waals surface area (Å²) in [6, 6.07) is 7.66. The number of rotatable bonds is 9. The molecular formula is C26H22F2N4O5S2. The monoisotopic (exact) mass is 572 g/mol. The van der Waals surface area contributed by atoms with Gasteiger partial charge in [-0.05, 0) is 68.0 Å². The summed E-state index contributed by atoms with van der Waals surface area (Å²) in [5.41, 5.74) is 2.33. The van der Waals surface area contributed by atoms with Gasteiger partial charge in [0.25, 0.3) is 0 Å². The van der Waals surface area contributed by atoms with Crippen molar-refractivity contribution in [2.75, 3.05) is 0 Å². The lowest BCUT2D eigenvalue weighted by atomic mass is 9.95. The predicted molar refractivity (Wildman–Crippen MR) is 139 cm³/mol. The Bertz CT molecular complexity index is 1740. The summed E-state index contributed by atoms with van der Waals surface area (Å²) in [6.45, 7) is 1.25. The van der Waals surface area contributed by atoms with Gasteiger partial charge < -0.3 is 5.11 Å². The number of thiazole rings is 1. The average molecular weight is 573 g/mol. The number of carbonyl (C=O) groups excluding carboxylic acids is 1. The Morgan fingerprint density at radius 2 is 1.90 bits per heavy atom. The molecule has 5 rings (SSSR count). The van der Waals surface area contributed by atoms with Crippen LogP contribution in [0.5, 0.6) is 0 Å². The molecule has 1 fully saturated rings. The van der Waals surface area contributed by atoms with Crippen molar-refractivity contribution in [3.05, 3.63) is 81.5 Å². The van der Waals surface area contributed by atoms with Crippen LogP contribution in [0.1, 0.15) is 57.4 Å². The number of carboxylic acid groups (broad SMARTS) is 1. The fourth-order valence-electron chi connectivity index (χ4n) is 4.36. The van der Waals surface area contributed by atoms with Crippen LogP contribution in [0.4, 0.5) is 8.78 Å². The van der Waals surface area contributed by atoms with Gasteiger partial charge in [-0.2, -0.15) is 5.10 Å². The number of sulfonamides is 1. The Balaban J connectivity index is 1.71. The minimum Gasteiger partial charge on any atom is -0.476 e. The van der Waals surface area contributed by atoms with Crippen LogP contribution in [0.25, 0.3) is 16.4 Å². The molecule has 39 heavy (non-hydrogen) atoms. The highest BCUT2D eigenvalue weighted by atomic mass is 32.2. The van der Waals surface area contributed by atoms with Crippen LogP contribution in [0, 0.1) is 17.6 Å². The normalized spacial score (nSPS) is 13.5. The van der Waals surface area contributed by atoms with Crippen LogP contribution in [0.3, 0.4) is 0 Å². The number of benzene rings is 2. The predicted octanol–water partition coefficient (Wildman–Crippen LogP) is 4.37. The van der Waals surface area contributed by atoms with Crippen molar-refractivity contribution in [3.8, 4) is 16.4 Å². The van der Waals surface area contributed by atoms with Crippen molar-refractivity contribution in [2.45, 2.75) is 37.5 Å². The van der Waals surface area contributed by atoms with Crippen LogP contribution in [0.2, 0.25) is 0 Å². The van der Waals surface area contributed by atoms with Crippen molar-refractivity contribution in [2.24, 2.45) is 11.1 Å². The highest BCUT2D eigenvalue weighted by molar-refractivity contribution is 7.89. The molecule has 9 nitrogen and oxygen atoms in total. The quantitative estimate of drug-likeness (QED) is 0.283. The van der Waals surface area contributed by atoms with Crippen LogP contribution in [0.15, 0.2) is 46.7 Å². The molecule has 2 heterocycles. The molecule has 202 valence electrons. The van der Waals surface area contributed by atoms with Crippen LogP contribution in [-0.2, 0) is 22.9 Å². The van der Waals surface area contributed by atoms with Crippen molar-refractivity contribution in [1.29, 1.82) is 0 Å². The molecule has 2 aromatic heterocycles. The Kier molecular flexibility index (Phi) is 6.91. The molecule has 0 spiro atoms. The summed E-state index contributed by atoms with van der Waals surface area (Å²) in [6.07, 6.45) is 2.66. The number of nitrogens with two attached hydrogens (primary N) is 1. The first kappa shape index (κ1) is 26.8. The number of nitrogens with zero attached hydrogens (tertiary/aromatic N) is 3. The van der Waals surface area contributed by atoms with Gasteiger partial charge in [-0.1, -0.05) is 6.07 Å². The number of carbonyl (C=O) groups is 2. The third-order valence-corrected chi connectivity index (χ3v) is 8.22. The molecule has 13 heteroatoms. The van der Waals surface area contributed by atoms with Crippen molar-refractivity contribution in [3.63, 3.8) is 0 Å². The average Bonchev–Trinajstić information content (AvgIpc) is 3.41. The number of aromatic nitrogens is 3. The zero-order valence-corrected chi connectivity index (χ0v) is 22.2. The van der Waals surface area contributed by atoms with Crippen molar-refractivity contribution < 1.29 is 31.9 Å². The van der Waals surface area contributed by atoms with Gasteiger partial charge in [0.05, 0.1) is 17.0 Å². The van der Waals surface area contributed by atoms with Crippen LogP contribution >= 0.6 is 11.3 Å². The molecule has 1 aliphatic carbocycles. The number of ketones is 1. The van der Waals surface area contributed by atoms with E-state index in [2.05, 4.69) is 4.98 Å². The summed E-state index contributed by atoms with van der Waals surface area (Å²) in [5, 5.41) is 20.9. The van der Waals surface area contributed by atoms with E-state index < -0.39 is 38.3 Å². The van der Waals surface area contributed by atoms with E-state index in [1.165, 1.54) is 36.6 Å². The van der Waals surface area contributed by atoms with Gasteiger partial charge >= 0.3 is 5.97 Å². The molecule has 1 saturated carbocycles. The summed E-state index contributed by atoms with van der Waals surface area (Å²) >= 11 is 1.09. The molecule has 0 bridgehead atoms. The number of Topliss-reactive ketones (excluding diaryl/α,β-unsaturated/α-hetero) is 1. The number of carboxylic acids is 1. The Hall–Kier alpha value is -3.81. The third kappa shape index (κ3) is 5.51. The lowest BCUT2D eigenvalue weighted by molar-refractivity contribution is 0.0691. The van der Waals surface area contributed by atoms with Gasteiger partial charge in [0.2, 0.25) is 15.2 Å². The van der Waals surface area contributed by atoms with Gasteiger partial charge in [0.15, 0.2) is 11.5 Å². The van der Waals surface area contributed by atoms with Gasteiger partial charge in [-0.15, -0.1) is 11.3 Å². The molecule has 0 aliphatic heterocycles. The number of aromatic carboxylic acids is 1. The van der Waals surface area contributed by atoms with Crippen molar-refractivity contribution >= 4 is 33.1 Å². The standard InChI is InChI=1S/C26H22F2N4O5S2/c1-13(33)17-11-16(5-6-19(17)27)24-18(8-15-4-7-23(20(28)9-15)39(29,36)37)22(10-14-2-3-14)32(31-24)26-30-21(12-38-26)25(34)35/h4-7,9,11-12,14H,2-3,8,10H2,1H3,(H,34,35)(H2,29,36,37). The smallest absolute Gasteiger partial charge is 0.355 e. The van der Waals surface area contributed by atoms with Crippen LogP contribution in [-0.4, -0.2) is 40.0 Å². The molecule has 1 aliphatic rings. The summed E-state index contributed by atoms with van der Waals surface area (Å²) in [7, 11) is -4.26. The van der Waals surface area contributed by atoms with E-state index in [-0.39, 0.29) is 17.7 Å². The maximum absolute atomic E-state index is 14.7. The SMILES string of the molecule is CC(=O)c1cc(-c2nn(-c3nc(C(=O)O)cs3)c(CC3CC3)c2Cc2ccc(S(N)(=O)=O)c(F)c2)ccc1F. The Morgan fingerprint density at radius 3 is 2.49 bits per heavy atom. The van der Waals surface area contributed by atoms with E-state index in [1.54, 1.807) is 4.68 Å². The number of hydrogen-bond donors (Lipinski definition) is 2. The van der Waals surface area contributed by atoms with E-state index in [4.69, 9.17) is 10.2 Å². The number of hydrogen-bond acceptors (Lipinski definition) is 7. The highest BCUT2D eigenvalue weighted by Crippen LogP contribution is 2.38. The van der Waals surface area contributed by atoms with E-state index in [9.17, 15) is 31.9 Å².